The molecule has 2 heterocycles. The standard InChI is InChI=1S/C39H47N5O6S/c1-23(45)40-27-16-14-24-21-34(48-3)36(49-4)37(50-5)35(24)25-15-17-29(33(46)22-26(25)27)41-30(18-20-51-6)39(47)44-19-10-9-13-32(44)38-42-28-11-7-8-12-31(28)43(38)2/h7-8,11-12,15,17,21-22,27,30,32H,9-10,13-14,16,18-20H2,1-6H3,(H,40,45)(H,41,46)/t27-,30-,32+/m0/s1. The van der Waals surface area contributed by atoms with Gasteiger partial charge in [0.25, 0.3) is 0 Å². The number of benzene rings is 2. The third kappa shape index (κ3) is 7.11. The number of nitrogens with zero attached hydrogens (tertiary/aromatic N) is 3. The van der Waals surface area contributed by atoms with Gasteiger partial charge in [0.1, 0.15) is 11.9 Å². The van der Waals surface area contributed by atoms with Crippen molar-refractivity contribution in [2.75, 3.05) is 45.2 Å². The summed E-state index contributed by atoms with van der Waals surface area (Å²) in [6.45, 7) is 2.09. The van der Waals surface area contributed by atoms with Crippen LogP contribution in [0.5, 0.6) is 17.2 Å². The van der Waals surface area contributed by atoms with Crippen molar-refractivity contribution in [3.05, 3.63) is 75.7 Å². The summed E-state index contributed by atoms with van der Waals surface area (Å²) in [6, 6.07) is 13.9. The summed E-state index contributed by atoms with van der Waals surface area (Å²) in [6.07, 6.45) is 6.42. The predicted molar refractivity (Wildman–Crippen MR) is 202 cm³/mol. The fourth-order valence-corrected chi connectivity index (χ4v) is 8.11. The number of ether oxygens (including phenoxy) is 3. The molecule has 2 amide bonds. The van der Waals surface area contributed by atoms with Crippen molar-refractivity contribution in [3.8, 4) is 28.4 Å². The molecule has 0 bridgehead atoms. The smallest absolute Gasteiger partial charge is 0.245 e. The molecule has 0 saturated carbocycles. The Morgan fingerprint density at radius 1 is 1.02 bits per heavy atom. The van der Waals surface area contributed by atoms with Crippen molar-refractivity contribution in [2.24, 2.45) is 7.05 Å². The Bertz CT molecular complexity index is 2000. The lowest BCUT2D eigenvalue weighted by atomic mass is 9.95. The van der Waals surface area contributed by atoms with Crippen molar-refractivity contribution in [3.63, 3.8) is 0 Å². The van der Waals surface area contributed by atoms with Gasteiger partial charge in [-0.3, -0.25) is 14.4 Å². The maximum Gasteiger partial charge on any atom is 0.245 e. The number of aryl methyl sites for hydroxylation is 2. The van der Waals surface area contributed by atoms with Crippen LogP contribution in [0, 0.1) is 0 Å². The Hall–Kier alpha value is -4.71. The molecule has 1 aliphatic carbocycles. The first-order valence-electron chi connectivity index (χ1n) is 17.5. The number of methoxy groups -OCH3 is 3. The van der Waals surface area contributed by atoms with Gasteiger partial charge in [0, 0.05) is 26.1 Å². The molecule has 1 fully saturated rings. The van der Waals surface area contributed by atoms with Crippen LogP contribution in [0.15, 0.2) is 53.3 Å². The number of fused-ring (bicyclic) bond motifs is 4. The summed E-state index contributed by atoms with van der Waals surface area (Å²) in [5, 5.41) is 6.45. The van der Waals surface area contributed by atoms with Gasteiger partial charge in [-0.25, -0.2) is 4.98 Å². The molecule has 51 heavy (non-hydrogen) atoms. The molecule has 1 aromatic heterocycles. The number of para-hydroxylation sites is 2. The summed E-state index contributed by atoms with van der Waals surface area (Å²) in [4.78, 5) is 48.1. The molecule has 1 saturated heterocycles. The Balaban J connectivity index is 1.42. The van der Waals surface area contributed by atoms with Gasteiger partial charge in [0.05, 0.1) is 50.1 Å². The fourth-order valence-electron chi connectivity index (χ4n) is 7.63. The van der Waals surface area contributed by atoms with Crippen LogP contribution in [0.1, 0.15) is 68.1 Å². The van der Waals surface area contributed by atoms with Gasteiger partial charge in [0.15, 0.2) is 11.5 Å². The number of piperidine rings is 1. The summed E-state index contributed by atoms with van der Waals surface area (Å²) >= 11 is 1.66. The maximum absolute atomic E-state index is 14.6. The summed E-state index contributed by atoms with van der Waals surface area (Å²) < 4.78 is 19.4. The van der Waals surface area contributed by atoms with E-state index in [2.05, 4.69) is 15.2 Å². The zero-order valence-corrected chi connectivity index (χ0v) is 31.0. The van der Waals surface area contributed by atoms with E-state index in [0.29, 0.717) is 54.3 Å². The van der Waals surface area contributed by atoms with Crippen molar-refractivity contribution < 1.29 is 23.8 Å². The van der Waals surface area contributed by atoms with Crippen molar-refractivity contribution >= 4 is 40.3 Å². The van der Waals surface area contributed by atoms with Crippen LogP contribution in [0.25, 0.3) is 22.2 Å². The first-order valence-corrected chi connectivity index (χ1v) is 18.8. The van der Waals surface area contributed by atoms with E-state index in [9.17, 15) is 14.4 Å². The van der Waals surface area contributed by atoms with Gasteiger partial charge in [-0.2, -0.15) is 11.8 Å². The number of nitrogens with one attached hydrogen (secondary N) is 2. The van der Waals surface area contributed by atoms with Crippen LogP contribution < -0.4 is 30.3 Å². The Labute approximate surface area is 303 Å². The monoisotopic (exact) mass is 713 g/mol. The quantitative estimate of drug-likeness (QED) is 0.192. The SMILES string of the molecule is COc1cc2c(c(OC)c1OC)-c1ccc(N[C@@H](CCSC)C(=O)N3CCCC[C@@H]3c3nc4ccccc4n3C)c(=O)cc1[C@@H](NC(C)=O)CC2. The van der Waals surface area contributed by atoms with Crippen LogP contribution in [0.4, 0.5) is 5.69 Å². The number of amides is 2. The number of rotatable bonds is 11. The number of aromatic nitrogens is 2. The molecular formula is C39H47N5O6S. The van der Waals surface area contributed by atoms with Gasteiger partial charge in [-0.05, 0) is 97.6 Å². The summed E-state index contributed by atoms with van der Waals surface area (Å²) in [5.41, 5.74) is 5.08. The fraction of sp³-hybridized carbons (Fsp3) is 0.436. The number of carbonyl (C=O) groups excluding carboxylic acids is 2. The first-order chi connectivity index (χ1) is 24.7. The van der Waals surface area contributed by atoms with Crippen molar-refractivity contribution in [1.82, 2.24) is 19.8 Å². The third-order valence-corrected chi connectivity index (χ3v) is 10.7. The van der Waals surface area contributed by atoms with Crippen LogP contribution in [0.3, 0.4) is 0 Å². The molecular weight excluding hydrogens is 667 g/mol. The number of imidazole rings is 1. The number of hydrogen-bond acceptors (Lipinski definition) is 9. The lowest BCUT2D eigenvalue weighted by molar-refractivity contribution is -0.136. The lowest BCUT2D eigenvalue weighted by Crippen LogP contribution is -2.47. The van der Waals surface area contributed by atoms with Gasteiger partial charge >= 0.3 is 0 Å². The zero-order chi connectivity index (χ0) is 36.2. The van der Waals surface area contributed by atoms with E-state index in [4.69, 9.17) is 19.2 Å². The van der Waals surface area contributed by atoms with E-state index in [1.165, 1.54) is 6.92 Å². The molecule has 1 aliphatic heterocycles. The second kappa shape index (κ2) is 15.7. The highest BCUT2D eigenvalue weighted by Gasteiger charge is 2.35. The van der Waals surface area contributed by atoms with Crippen LogP contribution in [-0.2, 0) is 23.1 Å². The second-order valence-corrected chi connectivity index (χ2v) is 14.1. The molecule has 11 nitrogen and oxygen atoms in total. The average molecular weight is 714 g/mol. The Kier molecular flexibility index (Phi) is 11.1. The normalized spacial score (nSPS) is 17.5. The molecule has 6 rings (SSSR count). The first kappa shape index (κ1) is 36.1. The largest absolute Gasteiger partial charge is 0.493 e. The molecule has 0 spiro atoms. The Morgan fingerprint density at radius 2 is 1.80 bits per heavy atom. The van der Waals surface area contributed by atoms with Crippen LogP contribution in [0.2, 0.25) is 0 Å². The highest BCUT2D eigenvalue weighted by molar-refractivity contribution is 7.98. The van der Waals surface area contributed by atoms with E-state index in [0.717, 1.165) is 58.6 Å². The number of carbonyl (C=O) groups is 2. The highest BCUT2D eigenvalue weighted by atomic mass is 32.2. The maximum atomic E-state index is 14.6. The number of hydrogen-bond donors (Lipinski definition) is 2. The lowest BCUT2D eigenvalue weighted by Gasteiger charge is -2.37. The molecule has 3 aromatic carbocycles. The van der Waals surface area contributed by atoms with Crippen molar-refractivity contribution in [2.45, 2.75) is 63.6 Å². The van der Waals surface area contributed by atoms with Crippen molar-refractivity contribution in [1.29, 1.82) is 0 Å². The zero-order valence-electron chi connectivity index (χ0n) is 30.2. The van der Waals surface area contributed by atoms with E-state index in [-0.39, 0.29) is 23.3 Å². The predicted octanol–water partition coefficient (Wildman–Crippen LogP) is 6.04. The van der Waals surface area contributed by atoms with E-state index in [1.807, 2.05) is 54.6 Å². The van der Waals surface area contributed by atoms with E-state index >= 15 is 0 Å². The minimum absolute atomic E-state index is 0.0479. The molecule has 0 radical (unpaired) electrons. The molecule has 4 aromatic rings. The number of likely N-dealkylation sites (tertiary alicyclic amines) is 1. The molecule has 12 heteroatoms. The minimum atomic E-state index is -0.639. The molecule has 0 unspecified atom stereocenters. The van der Waals surface area contributed by atoms with E-state index < -0.39 is 12.1 Å². The molecule has 270 valence electrons. The Morgan fingerprint density at radius 3 is 2.51 bits per heavy atom. The summed E-state index contributed by atoms with van der Waals surface area (Å²) in [5.74, 6) is 2.81. The second-order valence-electron chi connectivity index (χ2n) is 13.1. The summed E-state index contributed by atoms with van der Waals surface area (Å²) in [7, 11) is 6.72. The van der Waals surface area contributed by atoms with Gasteiger partial charge < -0.3 is 34.3 Å². The molecule has 2 N–H and O–H groups in total. The molecule has 2 aliphatic rings. The van der Waals surface area contributed by atoms with E-state index in [1.54, 1.807) is 45.2 Å². The topological polar surface area (TPSA) is 124 Å². The third-order valence-electron chi connectivity index (χ3n) is 10.1. The van der Waals surface area contributed by atoms with Gasteiger partial charge in [-0.1, -0.05) is 18.2 Å². The average Bonchev–Trinajstić information content (AvgIpc) is 3.30. The van der Waals surface area contributed by atoms with Crippen LogP contribution >= 0.6 is 11.8 Å². The molecule has 3 atom stereocenters. The van der Waals surface area contributed by atoms with Crippen LogP contribution in [-0.4, -0.2) is 72.2 Å². The van der Waals surface area contributed by atoms with Gasteiger partial charge in [-0.15, -0.1) is 0 Å². The number of thioether (sulfide) groups is 1. The minimum Gasteiger partial charge on any atom is -0.493 e. The number of anilines is 1. The highest BCUT2D eigenvalue weighted by Crippen LogP contribution is 2.50. The van der Waals surface area contributed by atoms with Gasteiger partial charge in [0.2, 0.25) is 23.0 Å².